The monoisotopic (exact) mass is 759 g/mol. The molecule has 0 amide bonds. The number of rotatable bonds is 23. The van der Waals surface area contributed by atoms with Crippen molar-refractivity contribution in [3.05, 3.63) is 65.2 Å². The van der Waals surface area contributed by atoms with Gasteiger partial charge in [0.2, 0.25) is 0 Å². The standard InChI is InChI=1S/C44H62ClN5O4/c1-4-7-25-50-40-32-38(51-28-12-24-47(5-2)6-3)34-42(54-31-27-49-22-10-11-23-49)43(40)46-44(50)39-18-17-37(52-29-19-35-13-15-36(45)16-14-35)33-41(39)53-30-26-48-20-8-9-21-48/h13-18,32-34H,4-12,19-31H2,1-3H3. The Balaban J connectivity index is 1.31. The molecule has 10 heteroatoms. The molecule has 0 aliphatic carbocycles. The van der Waals surface area contributed by atoms with Crippen LogP contribution in [0.5, 0.6) is 23.0 Å². The highest BCUT2D eigenvalue weighted by atomic mass is 35.5. The maximum atomic E-state index is 6.65. The van der Waals surface area contributed by atoms with E-state index in [9.17, 15) is 0 Å². The molecule has 0 unspecified atom stereocenters. The number of fused-ring (bicyclic) bond motifs is 1. The van der Waals surface area contributed by atoms with Crippen molar-refractivity contribution in [1.82, 2.24) is 24.3 Å². The first-order chi connectivity index (χ1) is 26.5. The highest BCUT2D eigenvalue weighted by Gasteiger charge is 2.22. The topological polar surface area (TPSA) is 64.5 Å². The lowest BCUT2D eigenvalue weighted by Crippen LogP contribution is -2.25. The molecule has 1 aromatic heterocycles. The number of likely N-dealkylation sites (tertiary alicyclic amines) is 2. The highest BCUT2D eigenvalue weighted by Crippen LogP contribution is 2.39. The van der Waals surface area contributed by atoms with Gasteiger partial charge in [0.05, 0.1) is 24.3 Å². The predicted octanol–water partition coefficient (Wildman–Crippen LogP) is 8.84. The molecule has 4 aromatic rings. The normalized spacial score (nSPS) is 15.1. The third-order valence-electron chi connectivity index (χ3n) is 10.8. The van der Waals surface area contributed by atoms with Crippen LogP contribution >= 0.6 is 11.6 Å². The van der Waals surface area contributed by atoms with Crippen molar-refractivity contribution in [3.8, 4) is 34.4 Å². The van der Waals surface area contributed by atoms with Crippen molar-refractivity contribution in [1.29, 1.82) is 0 Å². The van der Waals surface area contributed by atoms with E-state index in [0.717, 1.165) is 142 Å². The summed E-state index contributed by atoms with van der Waals surface area (Å²) < 4.78 is 28.4. The van der Waals surface area contributed by atoms with Crippen LogP contribution in [0.15, 0.2) is 54.6 Å². The summed E-state index contributed by atoms with van der Waals surface area (Å²) >= 11 is 6.11. The van der Waals surface area contributed by atoms with E-state index in [-0.39, 0.29) is 0 Å². The van der Waals surface area contributed by atoms with E-state index in [1.54, 1.807) is 0 Å². The fraction of sp³-hybridized carbons (Fsp3) is 0.568. The highest BCUT2D eigenvalue weighted by molar-refractivity contribution is 6.30. The first-order valence-corrected chi connectivity index (χ1v) is 21.0. The van der Waals surface area contributed by atoms with Gasteiger partial charge < -0.3 is 28.4 Å². The summed E-state index contributed by atoms with van der Waals surface area (Å²) in [6, 6.07) is 18.4. The van der Waals surface area contributed by atoms with Gasteiger partial charge in [-0.2, -0.15) is 0 Å². The van der Waals surface area contributed by atoms with Gasteiger partial charge in [0.15, 0.2) is 5.75 Å². The van der Waals surface area contributed by atoms with Crippen LogP contribution in [0.1, 0.15) is 71.3 Å². The largest absolute Gasteiger partial charge is 0.493 e. The molecule has 0 bridgehead atoms. The van der Waals surface area contributed by atoms with Crippen LogP contribution < -0.4 is 18.9 Å². The molecule has 0 atom stereocenters. The molecule has 3 aromatic carbocycles. The molecule has 2 aliphatic rings. The molecule has 294 valence electrons. The van der Waals surface area contributed by atoms with Gasteiger partial charge in [0.1, 0.15) is 41.8 Å². The lowest BCUT2D eigenvalue weighted by molar-refractivity contribution is 0.235. The zero-order valence-electron chi connectivity index (χ0n) is 33.0. The maximum Gasteiger partial charge on any atom is 0.150 e. The third kappa shape index (κ3) is 11.3. The molecule has 0 radical (unpaired) electrons. The van der Waals surface area contributed by atoms with Gasteiger partial charge in [0, 0.05) is 55.8 Å². The average molecular weight is 760 g/mol. The van der Waals surface area contributed by atoms with Gasteiger partial charge in [-0.05, 0) is 108 Å². The van der Waals surface area contributed by atoms with Gasteiger partial charge in [0.25, 0.3) is 0 Å². The van der Waals surface area contributed by atoms with Crippen molar-refractivity contribution >= 4 is 22.6 Å². The summed E-state index contributed by atoms with van der Waals surface area (Å²) in [5.74, 6) is 4.06. The minimum atomic E-state index is 0.555. The Bertz CT molecular complexity index is 1710. The second-order valence-electron chi connectivity index (χ2n) is 14.6. The molecule has 9 nitrogen and oxygen atoms in total. The number of aromatic nitrogens is 2. The van der Waals surface area contributed by atoms with Gasteiger partial charge in [-0.1, -0.05) is 50.9 Å². The minimum Gasteiger partial charge on any atom is -0.493 e. The van der Waals surface area contributed by atoms with Crippen LogP contribution in [0, 0.1) is 0 Å². The zero-order chi connectivity index (χ0) is 37.5. The second-order valence-corrected chi connectivity index (χ2v) is 15.1. The molecule has 2 aliphatic heterocycles. The van der Waals surface area contributed by atoms with E-state index >= 15 is 0 Å². The Morgan fingerprint density at radius 1 is 0.667 bits per heavy atom. The zero-order valence-corrected chi connectivity index (χ0v) is 33.8. The fourth-order valence-electron chi connectivity index (χ4n) is 7.54. The summed E-state index contributed by atoms with van der Waals surface area (Å²) in [5, 5.41) is 0.742. The van der Waals surface area contributed by atoms with E-state index in [2.05, 4.69) is 70.4 Å². The maximum absolute atomic E-state index is 6.65. The second kappa shape index (κ2) is 21.0. The Morgan fingerprint density at radius 3 is 1.98 bits per heavy atom. The predicted molar refractivity (Wildman–Crippen MR) is 221 cm³/mol. The van der Waals surface area contributed by atoms with Crippen LogP contribution in [0.4, 0.5) is 0 Å². The van der Waals surface area contributed by atoms with Gasteiger partial charge in [-0.15, -0.1) is 0 Å². The van der Waals surface area contributed by atoms with Gasteiger partial charge >= 0.3 is 0 Å². The van der Waals surface area contributed by atoms with Crippen LogP contribution in [-0.2, 0) is 13.0 Å². The Labute approximate surface area is 328 Å². The van der Waals surface area contributed by atoms with Crippen LogP contribution in [0.25, 0.3) is 22.4 Å². The average Bonchev–Trinajstić information content (AvgIpc) is 3.98. The van der Waals surface area contributed by atoms with E-state index in [4.69, 9.17) is 35.5 Å². The molecule has 0 N–H and O–H groups in total. The van der Waals surface area contributed by atoms with Crippen molar-refractivity contribution in [2.45, 2.75) is 78.7 Å². The molecule has 0 saturated carbocycles. The third-order valence-corrected chi connectivity index (χ3v) is 11.1. The van der Waals surface area contributed by atoms with Crippen molar-refractivity contribution < 1.29 is 18.9 Å². The summed E-state index contributed by atoms with van der Waals surface area (Å²) in [7, 11) is 0. The molecule has 0 spiro atoms. The summed E-state index contributed by atoms with van der Waals surface area (Å²) in [4.78, 5) is 12.8. The van der Waals surface area contributed by atoms with Crippen molar-refractivity contribution in [2.75, 3.05) is 85.3 Å². The Kier molecular flexibility index (Phi) is 15.6. The van der Waals surface area contributed by atoms with E-state index in [1.807, 2.05) is 24.3 Å². The quantitative estimate of drug-likeness (QED) is 0.0696. The number of nitrogens with zero attached hydrogens (tertiary/aromatic N) is 5. The van der Waals surface area contributed by atoms with Crippen LogP contribution in [-0.4, -0.2) is 110 Å². The SMILES string of the molecule is CCCCn1c(-c2ccc(OCCc3ccc(Cl)cc3)cc2OCCN2CCCC2)nc2c(OCCN3CCCC3)cc(OCCCN(CC)CC)cc21. The molecular formula is C44H62ClN5O4. The Hall–Kier alpha value is -3.50. The summed E-state index contributed by atoms with van der Waals surface area (Å²) in [6.07, 6.45) is 8.90. The molecule has 3 heterocycles. The molecule has 6 rings (SSSR count). The number of benzene rings is 3. The Morgan fingerprint density at radius 2 is 1.31 bits per heavy atom. The molecular weight excluding hydrogens is 698 g/mol. The number of ether oxygens (including phenoxy) is 4. The van der Waals surface area contributed by atoms with Crippen LogP contribution in [0.3, 0.4) is 0 Å². The number of halogens is 1. The summed E-state index contributed by atoms with van der Waals surface area (Å²) in [6.45, 7) is 19.4. The van der Waals surface area contributed by atoms with E-state index < -0.39 is 0 Å². The number of unbranched alkanes of at least 4 members (excludes halogenated alkanes) is 1. The fourth-order valence-corrected chi connectivity index (χ4v) is 7.67. The van der Waals surface area contributed by atoms with Crippen molar-refractivity contribution in [2.24, 2.45) is 0 Å². The molecule has 2 fully saturated rings. The lowest BCUT2D eigenvalue weighted by Gasteiger charge is -2.18. The minimum absolute atomic E-state index is 0.555. The van der Waals surface area contributed by atoms with E-state index in [1.165, 1.54) is 31.2 Å². The molecule has 2 saturated heterocycles. The number of imidazole rings is 1. The smallest absolute Gasteiger partial charge is 0.150 e. The van der Waals surface area contributed by atoms with Gasteiger partial charge in [-0.25, -0.2) is 4.98 Å². The molecule has 54 heavy (non-hydrogen) atoms. The van der Waals surface area contributed by atoms with Gasteiger partial charge in [-0.3, -0.25) is 9.80 Å². The van der Waals surface area contributed by atoms with Crippen molar-refractivity contribution in [3.63, 3.8) is 0 Å². The van der Waals surface area contributed by atoms with Crippen LogP contribution in [0.2, 0.25) is 5.02 Å². The number of hydrogen-bond acceptors (Lipinski definition) is 8. The van der Waals surface area contributed by atoms with E-state index in [0.29, 0.717) is 26.4 Å². The summed E-state index contributed by atoms with van der Waals surface area (Å²) in [5.41, 5.74) is 4.04. The number of aryl methyl sites for hydroxylation is 1. The lowest BCUT2D eigenvalue weighted by atomic mass is 10.1. The number of hydrogen-bond donors (Lipinski definition) is 0. The first kappa shape index (κ1) is 40.2. The first-order valence-electron chi connectivity index (χ1n) is 20.7.